The first kappa shape index (κ1) is 25.5. The fraction of sp³-hybridized carbons (Fsp3) is 0.462. The summed E-state index contributed by atoms with van der Waals surface area (Å²) in [5.41, 5.74) is 4.57. The summed E-state index contributed by atoms with van der Waals surface area (Å²) < 4.78 is 5.73. The van der Waals surface area contributed by atoms with Crippen molar-refractivity contribution in [2.24, 2.45) is 0 Å². The van der Waals surface area contributed by atoms with Crippen molar-refractivity contribution in [3.8, 4) is 11.1 Å². The van der Waals surface area contributed by atoms with E-state index in [0.717, 1.165) is 47.3 Å². The molecule has 0 radical (unpaired) electrons. The van der Waals surface area contributed by atoms with Crippen molar-refractivity contribution in [1.82, 2.24) is 5.32 Å². The minimum absolute atomic E-state index is 0.0464. The minimum atomic E-state index is -1.03. The fourth-order valence-corrected chi connectivity index (χ4v) is 6.37. The van der Waals surface area contributed by atoms with E-state index in [-0.39, 0.29) is 17.3 Å². The molecule has 0 aromatic heterocycles. The van der Waals surface area contributed by atoms with Crippen LogP contribution >= 0.6 is 21.6 Å². The molecule has 2 aromatic rings. The molecule has 0 heterocycles. The summed E-state index contributed by atoms with van der Waals surface area (Å²) in [5, 5.41) is 12.1. The zero-order valence-corrected chi connectivity index (χ0v) is 21.1. The first-order valence-electron chi connectivity index (χ1n) is 11.4. The summed E-state index contributed by atoms with van der Waals surface area (Å²) in [6, 6.07) is 15.3. The number of alkyl carbamates (subject to hydrolysis) is 1. The third kappa shape index (κ3) is 7.44. The molecule has 0 fully saturated rings. The summed E-state index contributed by atoms with van der Waals surface area (Å²) in [7, 11) is 3.72. The number of rotatable bonds is 11. The van der Waals surface area contributed by atoms with Crippen LogP contribution in [0.2, 0.25) is 0 Å². The van der Waals surface area contributed by atoms with Crippen molar-refractivity contribution < 1.29 is 19.4 Å². The zero-order chi connectivity index (χ0) is 23.8. The van der Waals surface area contributed by atoms with Crippen LogP contribution in [-0.2, 0) is 9.53 Å². The van der Waals surface area contributed by atoms with Gasteiger partial charge in [0, 0.05) is 16.4 Å². The third-order valence-electron chi connectivity index (χ3n) is 5.46. The summed E-state index contributed by atoms with van der Waals surface area (Å²) in [5.74, 6) is -0.0319. The third-order valence-corrected chi connectivity index (χ3v) is 8.89. The lowest BCUT2D eigenvalue weighted by Crippen LogP contribution is -2.41. The van der Waals surface area contributed by atoms with Gasteiger partial charge in [0.05, 0.1) is 0 Å². The van der Waals surface area contributed by atoms with E-state index in [0.29, 0.717) is 6.42 Å². The Balaban J connectivity index is 1.45. The highest BCUT2D eigenvalue weighted by atomic mass is 33.1. The van der Waals surface area contributed by atoms with Crippen molar-refractivity contribution in [2.75, 3.05) is 12.4 Å². The van der Waals surface area contributed by atoms with E-state index in [1.165, 1.54) is 0 Å². The SMILES string of the molecule is CC(C)(C)SSCCCCC[C@H](NC(=O)OCC1c2ccccc2-c2ccccc21)C(=O)O. The van der Waals surface area contributed by atoms with Crippen LogP contribution in [0.4, 0.5) is 4.79 Å². The van der Waals surface area contributed by atoms with Gasteiger partial charge in [-0.3, -0.25) is 0 Å². The van der Waals surface area contributed by atoms with E-state index in [4.69, 9.17) is 4.74 Å². The van der Waals surface area contributed by atoms with E-state index in [2.05, 4.69) is 50.4 Å². The molecule has 2 aromatic carbocycles. The molecule has 0 spiro atoms. The van der Waals surface area contributed by atoms with Crippen molar-refractivity contribution in [1.29, 1.82) is 0 Å². The van der Waals surface area contributed by atoms with Crippen LogP contribution in [-0.4, -0.2) is 40.3 Å². The first-order valence-corrected chi connectivity index (χ1v) is 13.7. The van der Waals surface area contributed by atoms with Crippen molar-refractivity contribution in [3.63, 3.8) is 0 Å². The fourth-order valence-electron chi connectivity index (χ4n) is 3.94. The number of unbranched alkanes of at least 4 members (excludes halogenated alkanes) is 2. The number of benzene rings is 2. The number of hydrogen-bond acceptors (Lipinski definition) is 5. The van der Waals surface area contributed by atoms with Gasteiger partial charge in [0.1, 0.15) is 12.6 Å². The lowest BCUT2D eigenvalue weighted by Gasteiger charge is -2.18. The highest BCUT2D eigenvalue weighted by Gasteiger charge is 2.29. The van der Waals surface area contributed by atoms with Crippen molar-refractivity contribution in [3.05, 3.63) is 59.7 Å². The number of amides is 1. The number of aliphatic carboxylic acids is 1. The van der Waals surface area contributed by atoms with Crippen molar-refractivity contribution in [2.45, 2.75) is 63.2 Å². The summed E-state index contributed by atoms with van der Waals surface area (Å²) in [6.45, 7) is 6.75. The van der Waals surface area contributed by atoms with Crippen LogP contribution in [0.25, 0.3) is 11.1 Å². The van der Waals surface area contributed by atoms with Crippen molar-refractivity contribution >= 4 is 33.7 Å². The molecule has 2 N–H and O–H groups in total. The van der Waals surface area contributed by atoms with Gasteiger partial charge < -0.3 is 15.2 Å². The molecule has 178 valence electrons. The first-order chi connectivity index (χ1) is 15.8. The van der Waals surface area contributed by atoms with E-state index in [1.54, 1.807) is 0 Å². The van der Waals surface area contributed by atoms with E-state index >= 15 is 0 Å². The van der Waals surface area contributed by atoms with Crippen LogP contribution < -0.4 is 5.32 Å². The Hall–Kier alpha value is -2.12. The molecule has 0 saturated carbocycles. The number of fused-ring (bicyclic) bond motifs is 3. The summed E-state index contributed by atoms with van der Waals surface area (Å²) >= 11 is 0. The topological polar surface area (TPSA) is 75.6 Å². The van der Waals surface area contributed by atoms with Crippen LogP contribution in [0.1, 0.15) is 63.5 Å². The monoisotopic (exact) mass is 487 g/mol. The highest BCUT2D eigenvalue weighted by molar-refractivity contribution is 8.77. The summed E-state index contributed by atoms with van der Waals surface area (Å²) in [4.78, 5) is 24.0. The molecule has 1 amide bonds. The second-order valence-electron chi connectivity index (χ2n) is 9.23. The zero-order valence-electron chi connectivity index (χ0n) is 19.5. The molecule has 1 aliphatic rings. The van der Waals surface area contributed by atoms with Crippen LogP contribution in [0.5, 0.6) is 0 Å². The predicted octanol–water partition coefficient (Wildman–Crippen LogP) is 6.72. The number of nitrogens with one attached hydrogen (secondary N) is 1. The highest BCUT2D eigenvalue weighted by Crippen LogP contribution is 2.44. The number of ether oxygens (including phenoxy) is 1. The molecule has 0 saturated heterocycles. The maximum Gasteiger partial charge on any atom is 0.407 e. The van der Waals surface area contributed by atoms with Gasteiger partial charge >= 0.3 is 12.1 Å². The predicted molar refractivity (Wildman–Crippen MR) is 138 cm³/mol. The largest absolute Gasteiger partial charge is 0.480 e. The van der Waals surface area contributed by atoms with Gasteiger partial charge in [0.2, 0.25) is 0 Å². The Morgan fingerprint density at radius 1 is 1.00 bits per heavy atom. The molecule has 5 nitrogen and oxygen atoms in total. The molecule has 0 bridgehead atoms. The van der Waals surface area contributed by atoms with Gasteiger partial charge in [0.25, 0.3) is 0 Å². The number of carboxylic acids is 1. The number of carbonyl (C=O) groups excluding carboxylic acids is 1. The van der Waals surface area contributed by atoms with E-state index in [1.807, 2.05) is 45.9 Å². The normalized spacial score (nSPS) is 13.8. The van der Waals surface area contributed by atoms with Gasteiger partial charge in [-0.15, -0.1) is 0 Å². The molecule has 0 aliphatic heterocycles. The van der Waals surface area contributed by atoms with Gasteiger partial charge in [-0.1, -0.05) is 104 Å². The molecule has 0 unspecified atom stereocenters. The molecule has 1 atom stereocenters. The second-order valence-corrected chi connectivity index (χ2v) is 12.5. The minimum Gasteiger partial charge on any atom is -0.480 e. The quantitative estimate of drug-likeness (QED) is 0.271. The van der Waals surface area contributed by atoms with E-state index < -0.39 is 18.1 Å². The van der Waals surface area contributed by atoms with Gasteiger partial charge in [-0.2, -0.15) is 0 Å². The summed E-state index contributed by atoms with van der Waals surface area (Å²) in [6.07, 6.45) is 2.44. The Morgan fingerprint density at radius 3 is 2.18 bits per heavy atom. The molecule has 7 heteroatoms. The molecule has 3 rings (SSSR count). The molecule has 1 aliphatic carbocycles. The van der Waals surface area contributed by atoms with E-state index in [9.17, 15) is 14.7 Å². The lowest BCUT2D eigenvalue weighted by atomic mass is 9.98. The maximum atomic E-state index is 12.4. The molecule has 33 heavy (non-hydrogen) atoms. The Bertz CT molecular complexity index is 912. The molecular weight excluding hydrogens is 454 g/mol. The Labute approximate surface area is 204 Å². The second kappa shape index (κ2) is 11.8. The average molecular weight is 488 g/mol. The number of hydrogen-bond donors (Lipinski definition) is 2. The maximum absolute atomic E-state index is 12.4. The van der Waals surface area contributed by atoms with Gasteiger partial charge in [0.15, 0.2) is 0 Å². The van der Waals surface area contributed by atoms with Gasteiger partial charge in [-0.05, 0) is 35.1 Å². The smallest absolute Gasteiger partial charge is 0.407 e. The molecular formula is C26H33NO4S2. The Morgan fingerprint density at radius 2 is 1.61 bits per heavy atom. The van der Waals surface area contributed by atoms with Crippen LogP contribution in [0, 0.1) is 0 Å². The van der Waals surface area contributed by atoms with Gasteiger partial charge in [-0.25, -0.2) is 9.59 Å². The number of carbonyl (C=O) groups is 2. The number of carboxylic acid groups (broad SMARTS) is 1. The Kier molecular flexibility index (Phi) is 9.15. The van der Waals surface area contributed by atoms with Crippen LogP contribution in [0.15, 0.2) is 48.5 Å². The average Bonchev–Trinajstić information content (AvgIpc) is 3.09. The lowest BCUT2D eigenvalue weighted by molar-refractivity contribution is -0.139. The standard InChI is InChI=1S/C26H33NO4S2/c1-26(2,3)33-32-16-10-4-5-15-23(24(28)29)27-25(30)31-17-22-20-13-8-6-11-18(20)19-12-7-9-14-21(19)22/h6-9,11-14,22-23H,4-5,10,15-17H2,1-3H3,(H,27,30)(H,28,29)/t23-/m0/s1. The van der Waals surface area contributed by atoms with Crippen LogP contribution in [0.3, 0.4) is 0 Å².